The van der Waals surface area contributed by atoms with Crippen LogP contribution in [0.2, 0.25) is 0 Å². The zero-order valence-electron chi connectivity index (χ0n) is 27.5. The Hall–Kier alpha value is -6.50. The van der Waals surface area contributed by atoms with E-state index in [0.29, 0.717) is 0 Å². The minimum absolute atomic E-state index is 1.21. The molecule has 0 heterocycles. The lowest BCUT2D eigenvalue weighted by molar-refractivity contribution is 1.57. The molecular weight excluding hydrogens is 601 g/mol. The quantitative estimate of drug-likeness (QED) is 0.166. The maximum absolute atomic E-state index is 2.38. The van der Waals surface area contributed by atoms with Crippen LogP contribution < -0.4 is 0 Å². The van der Waals surface area contributed by atoms with Gasteiger partial charge in [-0.2, -0.15) is 0 Å². The third-order valence-electron chi connectivity index (χ3n) is 10.5. The van der Waals surface area contributed by atoms with Gasteiger partial charge in [-0.1, -0.05) is 188 Å². The van der Waals surface area contributed by atoms with Gasteiger partial charge < -0.3 is 0 Å². The van der Waals surface area contributed by atoms with Gasteiger partial charge in [0.05, 0.1) is 0 Å². The molecule has 0 fully saturated rings. The van der Waals surface area contributed by atoms with Gasteiger partial charge >= 0.3 is 0 Å². The Morgan fingerprint density at radius 1 is 0.200 bits per heavy atom. The van der Waals surface area contributed by atoms with E-state index in [4.69, 9.17) is 0 Å². The molecule has 0 unspecified atom stereocenters. The number of fused-ring (bicyclic) bond motifs is 1. The first kappa shape index (κ1) is 28.5. The van der Waals surface area contributed by atoms with Crippen molar-refractivity contribution in [3.05, 3.63) is 194 Å². The van der Waals surface area contributed by atoms with Crippen LogP contribution in [-0.4, -0.2) is 0 Å². The maximum atomic E-state index is 2.38. The minimum Gasteiger partial charge on any atom is -0.0622 e. The van der Waals surface area contributed by atoms with Gasteiger partial charge in [0.2, 0.25) is 0 Å². The molecule has 10 aromatic rings. The molecule has 0 aliphatic carbocycles. The molecule has 0 atom stereocenters. The van der Waals surface area contributed by atoms with Gasteiger partial charge in [-0.25, -0.2) is 0 Å². The van der Waals surface area contributed by atoms with Gasteiger partial charge in [0.1, 0.15) is 0 Å². The van der Waals surface area contributed by atoms with Gasteiger partial charge in [0.25, 0.3) is 0 Å². The smallest absolute Gasteiger partial charge is 0.00203 e. The fraction of sp³-hybridized carbons (Fsp3) is 0. The van der Waals surface area contributed by atoms with Crippen LogP contribution in [-0.2, 0) is 0 Å². The molecule has 10 rings (SSSR count). The zero-order valence-corrected chi connectivity index (χ0v) is 27.5. The Kier molecular flexibility index (Phi) is 6.60. The van der Waals surface area contributed by atoms with Crippen LogP contribution in [0.25, 0.3) is 98.7 Å². The predicted molar refractivity (Wildman–Crippen MR) is 215 cm³/mol. The van der Waals surface area contributed by atoms with Crippen molar-refractivity contribution in [2.75, 3.05) is 0 Å². The summed E-state index contributed by atoms with van der Waals surface area (Å²) in [6.45, 7) is 0. The van der Waals surface area contributed by atoms with E-state index in [2.05, 4.69) is 194 Å². The lowest BCUT2D eigenvalue weighted by Crippen LogP contribution is -1.92. The van der Waals surface area contributed by atoms with Crippen molar-refractivity contribution in [1.82, 2.24) is 0 Å². The Balaban J connectivity index is 1.13. The van der Waals surface area contributed by atoms with Crippen LogP contribution in [0.5, 0.6) is 0 Å². The van der Waals surface area contributed by atoms with Crippen LogP contribution in [0.15, 0.2) is 194 Å². The largest absolute Gasteiger partial charge is 0.0622 e. The fourth-order valence-electron chi connectivity index (χ4n) is 8.04. The number of rotatable bonds is 5. The highest BCUT2D eigenvalue weighted by Crippen LogP contribution is 2.45. The first-order valence-corrected chi connectivity index (χ1v) is 17.3. The van der Waals surface area contributed by atoms with E-state index in [-0.39, 0.29) is 0 Å². The second-order valence-corrected chi connectivity index (χ2v) is 13.2. The van der Waals surface area contributed by atoms with E-state index in [1.807, 2.05) is 0 Å². The second-order valence-electron chi connectivity index (χ2n) is 13.2. The summed E-state index contributed by atoms with van der Waals surface area (Å²) in [5, 5.41) is 10.4. The van der Waals surface area contributed by atoms with Gasteiger partial charge in [0, 0.05) is 0 Å². The first-order valence-electron chi connectivity index (χ1n) is 17.3. The normalized spacial score (nSPS) is 11.6. The fourth-order valence-corrected chi connectivity index (χ4v) is 8.04. The first-order chi connectivity index (χ1) is 24.8. The second kappa shape index (κ2) is 11.6. The van der Waals surface area contributed by atoms with E-state index in [9.17, 15) is 0 Å². The Morgan fingerprint density at radius 3 is 1.40 bits per heavy atom. The third-order valence-corrected chi connectivity index (χ3v) is 10.5. The van der Waals surface area contributed by atoms with Gasteiger partial charge in [0.15, 0.2) is 0 Å². The molecular formula is C50H32. The van der Waals surface area contributed by atoms with E-state index in [1.165, 1.54) is 98.7 Å². The number of hydrogen-bond acceptors (Lipinski definition) is 0. The lowest BCUT2D eigenvalue weighted by Gasteiger charge is -2.19. The highest BCUT2D eigenvalue weighted by Gasteiger charge is 2.17. The molecule has 0 bridgehead atoms. The SMILES string of the molecule is c1ccc(-c2cc(-c3ccc(-c4cccc5ccccc45)cc3)ccc2-c2ccc3ccc4ccc(-c5ccccc5)c5ccc2c3c45)cc1. The van der Waals surface area contributed by atoms with E-state index < -0.39 is 0 Å². The summed E-state index contributed by atoms with van der Waals surface area (Å²) >= 11 is 0. The van der Waals surface area contributed by atoms with Crippen molar-refractivity contribution < 1.29 is 0 Å². The van der Waals surface area contributed by atoms with E-state index in [1.54, 1.807) is 0 Å². The standard InChI is InChI=1S/C50H32/c1-3-10-34(11-4-1)43-27-24-38-22-23-39-25-28-44(47-31-30-46(43)49(38)50(39)47)45-29-26-40(32-48(45)36-12-5-2-6-13-36)33-18-20-37(21-19-33)42-17-9-15-35-14-7-8-16-41(35)42/h1-32H. The summed E-state index contributed by atoms with van der Waals surface area (Å²) in [4.78, 5) is 0. The average Bonchev–Trinajstić information content (AvgIpc) is 3.20. The highest BCUT2D eigenvalue weighted by atomic mass is 14.2. The predicted octanol–water partition coefficient (Wildman–Crippen LogP) is 14.1. The molecule has 0 amide bonds. The maximum Gasteiger partial charge on any atom is -0.00203 e. The summed E-state index contributed by atoms with van der Waals surface area (Å²) in [5.74, 6) is 0. The number of hydrogen-bond donors (Lipinski definition) is 0. The molecule has 0 radical (unpaired) electrons. The molecule has 10 aromatic carbocycles. The van der Waals surface area contributed by atoms with Crippen molar-refractivity contribution in [2.24, 2.45) is 0 Å². The van der Waals surface area contributed by atoms with Crippen molar-refractivity contribution in [2.45, 2.75) is 0 Å². The molecule has 0 aromatic heterocycles. The van der Waals surface area contributed by atoms with Crippen LogP contribution in [0.3, 0.4) is 0 Å². The average molecular weight is 633 g/mol. The van der Waals surface area contributed by atoms with E-state index >= 15 is 0 Å². The zero-order chi connectivity index (χ0) is 33.0. The molecule has 0 saturated carbocycles. The molecule has 0 nitrogen and oxygen atoms in total. The Labute approximate surface area is 291 Å². The molecule has 0 heteroatoms. The summed E-state index contributed by atoms with van der Waals surface area (Å²) in [7, 11) is 0. The van der Waals surface area contributed by atoms with Crippen molar-refractivity contribution in [3.63, 3.8) is 0 Å². The summed E-state index contributed by atoms with van der Waals surface area (Å²) in [5.41, 5.74) is 12.4. The topological polar surface area (TPSA) is 0 Å². The molecule has 0 aliphatic heterocycles. The van der Waals surface area contributed by atoms with Crippen LogP contribution >= 0.6 is 0 Å². The minimum atomic E-state index is 1.21. The van der Waals surface area contributed by atoms with Crippen LogP contribution in [0.1, 0.15) is 0 Å². The molecule has 0 aliphatic rings. The van der Waals surface area contributed by atoms with Gasteiger partial charge in [-0.3, -0.25) is 0 Å². The molecule has 0 N–H and O–H groups in total. The summed E-state index contributed by atoms with van der Waals surface area (Å²) in [6.07, 6.45) is 0. The summed E-state index contributed by atoms with van der Waals surface area (Å²) in [6, 6.07) is 71.2. The van der Waals surface area contributed by atoms with Crippen LogP contribution in [0.4, 0.5) is 0 Å². The van der Waals surface area contributed by atoms with Gasteiger partial charge in [-0.15, -0.1) is 0 Å². The van der Waals surface area contributed by atoms with E-state index in [0.717, 1.165) is 0 Å². The molecule has 50 heavy (non-hydrogen) atoms. The molecule has 232 valence electrons. The summed E-state index contributed by atoms with van der Waals surface area (Å²) < 4.78 is 0. The van der Waals surface area contributed by atoms with Crippen molar-refractivity contribution in [3.8, 4) is 55.6 Å². The monoisotopic (exact) mass is 632 g/mol. The lowest BCUT2D eigenvalue weighted by atomic mass is 9.85. The van der Waals surface area contributed by atoms with Crippen LogP contribution in [0, 0.1) is 0 Å². The highest BCUT2D eigenvalue weighted by molar-refractivity contribution is 6.28. The van der Waals surface area contributed by atoms with Gasteiger partial charge in [-0.05, 0) is 105 Å². The third kappa shape index (κ3) is 4.61. The number of benzene rings is 10. The van der Waals surface area contributed by atoms with Crippen molar-refractivity contribution in [1.29, 1.82) is 0 Å². The van der Waals surface area contributed by atoms with Crippen molar-refractivity contribution >= 4 is 43.1 Å². The Bertz CT molecular complexity index is 2820. The molecule has 0 saturated heterocycles. The molecule has 0 spiro atoms. The Morgan fingerprint density at radius 2 is 0.680 bits per heavy atom.